The largest absolute Gasteiger partial charge is 0.193 e. The molecule has 0 rings (SSSR count). The third-order valence-electron chi connectivity index (χ3n) is 5.78. The zero-order valence-electron chi connectivity index (χ0n) is 18.4. The van der Waals surface area contributed by atoms with Crippen LogP contribution in [0.3, 0.4) is 0 Å². The molecule has 0 fully saturated rings. The molecule has 0 aromatic carbocycles. The van der Waals surface area contributed by atoms with Gasteiger partial charge in [0.1, 0.15) is 0 Å². The van der Waals surface area contributed by atoms with Crippen molar-refractivity contribution in [2.45, 2.75) is 146 Å². The Bertz CT molecular complexity index is 286. The third-order valence-corrected chi connectivity index (χ3v) is 6.70. The molecule has 27 heavy (non-hydrogen) atoms. The zero-order valence-corrected chi connectivity index (χ0v) is 20.6. The maximum Gasteiger partial charge on any atom is 0.193 e. The first-order valence-corrected chi connectivity index (χ1v) is 13.2. The first-order chi connectivity index (χ1) is 13.0. The van der Waals surface area contributed by atoms with E-state index in [2.05, 4.69) is 13.8 Å². The van der Waals surface area contributed by atoms with Gasteiger partial charge in [-0.3, -0.25) is 0 Å². The van der Waals surface area contributed by atoms with Gasteiger partial charge in [-0.2, -0.15) is 0 Å². The van der Waals surface area contributed by atoms with Crippen molar-refractivity contribution in [3.05, 3.63) is 0 Å². The lowest BCUT2D eigenvalue weighted by Gasteiger charge is -2.24. The second kappa shape index (κ2) is 20.2. The van der Waals surface area contributed by atoms with Crippen LogP contribution in [0.5, 0.6) is 0 Å². The summed E-state index contributed by atoms with van der Waals surface area (Å²) >= 11 is 18.7. The molecule has 0 spiro atoms. The molecular weight excluding hydrogens is 395 g/mol. The van der Waals surface area contributed by atoms with Gasteiger partial charge < -0.3 is 0 Å². The minimum absolute atomic E-state index is 0.233. The van der Waals surface area contributed by atoms with Crippen LogP contribution in [0.15, 0.2) is 0 Å². The van der Waals surface area contributed by atoms with Crippen molar-refractivity contribution >= 4 is 34.8 Å². The quantitative estimate of drug-likeness (QED) is 0.130. The molecule has 0 amide bonds. The molecular formula is C24H47Cl3. The summed E-state index contributed by atoms with van der Waals surface area (Å²) in [5.74, 6) is 0.233. The topological polar surface area (TPSA) is 0 Å². The molecule has 1 atom stereocenters. The smallest absolute Gasteiger partial charge is 0.0834 e. The van der Waals surface area contributed by atoms with E-state index in [4.69, 9.17) is 34.8 Å². The van der Waals surface area contributed by atoms with Gasteiger partial charge in [-0.15, -0.1) is 0 Å². The molecule has 3 heteroatoms. The molecule has 0 aromatic rings. The van der Waals surface area contributed by atoms with Gasteiger partial charge in [-0.25, -0.2) is 0 Å². The van der Waals surface area contributed by atoms with E-state index in [1.165, 1.54) is 116 Å². The lowest BCUT2D eigenvalue weighted by Crippen LogP contribution is -2.19. The summed E-state index contributed by atoms with van der Waals surface area (Å²) in [4.78, 5) is 0. The van der Waals surface area contributed by atoms with Crippen molar-refractivity contribution in [1.82, 2.24) is 0 Å². The molecule has 164 valence electrons. The monoisotopic (exact) mass is 440 g/mol. The number of hydrogen-bond acceptors (Lipinski definition) is 0. The van der Waals surface area contributed by atoms with Gasteiger partial charge in [0, 0.05) is 5.92 Å². The van der Waals surface area contributed by atoms with E-state index >= 15 is 0 Å². The number of hydrogen-bond donors (Lipinski definition) is 0. The second-order valence-electron chi connectivity index (χ2n) is 8.47. The van der Waals surface area contributed by atoms with Crippen LogP contribution >= 0.6 is 34.8 Å². The highest BCUT2D eigenvalue weighted by molar-refractivity contribution is 6.67. The Morgan fingerprint density at radius 2 is 0.704 bits per heavy atom. The maximum atomic E-state index is 6.24. The first-order valence-electron chi connectivity index (χ1n) is 12.1. The van der Waals surface area contributed by atoms with Crippen LogP contribution in [0.4, 0.5) is 0 Å². The average Bonchev–Trinajstić information content (AvgIpc) is 2.62. The van der Waals surface area contributed by atoms with Crippen molar-refractivity contribution in [3.63, 3.8) is 0 Å². The van der Waals surface area contributed by atoms with Crippen molar-refractivity contribution in [2.24, 2.45) is 5.92 Å². The fraction of sp³-hybridized carbons (Fsp3) is 1.00. The van der Waals surface area contributed by atoms with Gasteiger partial charge in [0.2, 0.25) is 0 Å². The Kier molecular flexibility index (Phi) is 20.8. The van der Waals surface area contributed by atoms with Gasteiger partial charge >= 0.3 is 0 Å². The van der Waals surface area contributed by atoms with Gasteiger partial charge in [0.05, 0.1) is 0 Å². The molecule has 1 unspecified atom stereocenters. The Balaban J connectivity index is 3.57. The van der Waals surface area contributed by atoms with Crippen molar-refractivity contribution < 1.29 is 0 Å². The molecule has 0 radical (unpaired) electrons. The van der Waals surface area contributed by atoms with E-state index in [-0.39, 0.29) is 5.92 Å². The zero-order chi connectivity index (χ0) is 20.2. The van der Waals surface area contributed by atoms with E-state index in [1.807, 2.05) is 0 Å². The normalized spacial score (nSPS) is 13.2. The van der Waals surface area contributed by atoms with Crippen molar-refractivity contribution in [1.29, 1.82) is 0 Å². The van der Waals surface area contributed by atoms with Crippen LogP contribution < -0.4 is 0 Å². The summed E-state index contributed by atoms with van der Waals surface area (Å²) in [6.07, 6.45) is 26.5. The van der Waals surface area contributed by atoms with Crippen LogP contribution in [0.2, 0.25) is 0 Å². The molecule has 0 saturated carbocycles. The lowest BCUT2D eigenvalue weighted by molar-refractivity contribution is 0.407. The number of unbranched alkanes of at least 4 members (excludes halogenated alkanes) is 16. The standard InChI is InChI=1S/C24H47Cl3/c1-3-5-7-9-11-12-13-14-15-16-18-20-22-23(24(25,26)27)21-19-17-10-8-6-4-2/h23H,3-22H2,1-2H3. The van der Waals surface area contributed by atoms with E-state index < -0.39 is 3.79 Å². The minimum Gasteiger partial charge on any atom is -0.0834 e. The van der Waals surface area contributed by atoms with Gasteiger partial charge in [-0.05, 0) is 12.8 Å². The van der Waals surface area contributed by atoms with Crippen molar-refractivity contribution in [2.75, 3.05) is 0 Å². The van der Waals surface area contributed by atoms with Gasteiger partial charge in [0.25, 0.3) is 0 Å². The highest BCUT2D eigenvalue weighted by Crippen LogP contribution is 2.41. The minimum atomic E-state index is -1.08. The highest BCUT2D eigenvalue weighted by atomic mass is 35.6. The Labute approximate surface area is 186 Å². The lowest BCUT2D eigenvalue weighted by atomic mass is 9.95. The van der Waals surface area contributed by atoms with Crippen LogP contribution in [-0.2, 0) is 0 Å². The van der Waals surface area contributed by atoms with Crippen LogP contribution in [0, 0.1) is 5.92 Å². The summed E-state index contributed by atoms with van der Waals surface area (Å²) in [5.41, 5.74) is 0. The van der Waals surface area contributed by atoms with Crippen LogP contribution in [-0.4, -0.2) is 3.79 Å². The summed E-state index contributed by atoms with van der Waals surface area (Å²) in [7, 11) is 0. The average molecular weight is 442 g/mol. The SMILES string of the molecule is CCCCCCCCCCCCCCC(CCCCCCCC)C(Cl)(Cl)Cl. The molecule has 0 nitrogen and oxygen atoms in total. The molecule has 0 bridgehead atoms. The van der Waals surface area contributed by atoms with Crippen molar-refractivity contribution in [3.8, 4) is 0 Å². The molecule has 0 heterocycles. The molecule has 0 aliphatic rings. The van der Waals surface area contributed by atoms with Gasteiger partial charge in [0.15, 0.2) is 3.79 Å². The Morgan fingerprint density at radius 1 is 0.444 bits per heavy atom. The summed E-state index contributed by atoms with van der Waals surface area (Å²) < 4.78 is -1.08. The number of alkyl halides is 3. The fourth-order valence-electron chi connectivity index (χ4n) is 3.87. The second-order valence-corrected chi connectivity index (χ2v) is 10.8. The predicted octanol–water partition coefficient (Wildman–Crippen LogP) is 10.8. The molecule has 0 aliphatic heterocycles. The van der Waals surface area contributed by atoms with Crippen LogP contribution in [0.1, 0.15) is 142 Å². The van der Waals surface area contributed by atoms with E-state index in [0.717, 1.165) is 12.8 Å². The van der Waals surface area contributed by atoms with E-state index in [9.17, 15) is 0 Å². The molecule has 0 saturated heterocycles. The van der Waals surface area contributed by atoms with E-state index in [0.29, 0.717) is 0 Å². The maximum absolute atomic E-state index is 6.24. The van der Waals surface area contributed by atoms with Crippen LogP contribution in [0.25, 0.3) is 0 Å². The third kappa shape index (κ3) is 19.9. The predicted molar refractivity (Wildman–Crippen MR) is 127 cm³/mol. The Morgan fingerprint density at radius 3 is 0.963 bits per heavy atom. The molecule has 0 aromatic heterocycles. The fourth-order valence-corrected chi connectivity index (χ4v) is 4.53. The number of halogens is 3. The molecule has 0 aliphatic carbocycles. The summed E-state index contributed by atoms with van der Waals surface area (Å²) in [6.45, 7) is 4.54. The molecule has 0 N–H and O–H groups in total. The number of rotatable bonds is 20. The first kappa shape index (κ1) is 27.9. The van der Waals surface area contributed by atoms with E-state index in [1.54, 1.807) is 0 Å². The highest BCUT2D eigenvalue weighted by Gasteiger charge is 2.31. The Hall–Kier alpha value is 0.870. The summed E-state index contributed by atoms with van der Waals surface area (Å²) in [5, 5.41) is 0. The summed E-state index contributed by atoms with van der Waals surface area (Å²) in [6, 6.07) is 0. The van der Waals surface area contributed by atoms with Gasteiger partial charge in [-0.1, -0.05) is 164 Å².